The molecule has 1 amide bonds. The predicted molar refractivity (Wildman–Crippen MR) is 135 cm³/mol. The van der Waals surface area contributed by atoms with E-state index in [1.807, 2.05) is 18.2 Å². The molecule has 174 valence electrons. The van der Waals surface area contributed by atoms with Gasteiger partial charge in [0.2, 0.25) is 6.79 Å². The second kappa shape index (κ2) is 9.49. The van der Waals surface area contributed by atoms with Crippen molar-refractivity contribution in [3.63, 3.8) is 0 Å². The molecule has 1 aliphatic heterocycles. The number of nitrogens with one attached hydrogen (secondary N) is 2. The van der Waals surface area contributed by atoms with Crippen LogP contribution in [0.2, 0.25) is 0 Å². The molecule has 7 nitrogen and oxygen atoms in total. The maximum Gasteiger partial charge on any atom is 0.255 e. The number of aryl methyl sites for hydroxylation is 1. The Morgan fingerprint density at radius 3 is 2.65 bits per heavy atom. The van der Waals surface area contributed by atoms with E-state index in [-0.39, 0.29) is 12.7 Å². The zero-order chi connectivity index (χ0) is 23.5. The summed E-state index contributed by atoms with van der Waals surface area (Å²) in [6.45, 7) is 2.26. The smallest absolute Gasteiger partial charge is 0.255 e. The van der Waals surface area contributed by atoms with Crippen molar-refractivity contribution >= 4 is 33.9 Å². The summed E-state index contributed by atoms with van der Waals surface area (Å²) in [5.41, 5.74) is 4.28. The molecular weight excluding hydrogens is 428 g/mol. The summed E-state index contributed by atoms with van der Waals surface area (Å²) in [5.74, 6) is 1.13. The van der Waals surface area contributed by atoms with Gasteiger partial charge in [0.05, 0.1) is 0 Å². The van der Waals surface area contributed by atoms with Crippen LogP contribution in [0.15, 0.2) is 72.9 Å². The lowest BCUT2D eigenvalue weighted by molar-refractivity contribution is 0.102. The molecule has 7 heteroatoms. The molecule has 0 radical (unpaired) electrons. The van der Waals surface area contributed by atoms with Crippen LogP contribution in [0, 0.1) is 0 Å². The van der Waals surface area contributed by atoms with E-state index in [0.29, 0.717) is 22.7 Å². The SMILES string of the molecule is CN(C)CCCn1ccc2cc(Nc3cccc(C(=O)Nc4ccc5c(c4)OCO5)c3)ccc21. The first-order valence-electron chi connectivity index (χ1n) is 11.4. The minimum Gasteiger partial charge on any atom is -0.454 e. The fraction of sp³-hybridized carbons (Fsp3) is 0.222. The van der Waals surface area contributed by atoms with Gasteiger partial charge in [0, 0.05) is 52.3 Å². The van der Waals surface area contributed by atoms with Gasteiger partial charge in [0.15, 0.2) is 11.5 Å². The maximum absolute atomic E-state index is 12.8. The first-order chi connectivity index (χ1) is 16.5. The third kappa shape index (κ3) is 4.84. The Hall–Kier alpha value is -3.97. The van der Waals surface area contributed by atoms with Crippen LogP contribution in [0.4, 0.5) is 17.1 Å². The highest BCUT2D eigenvalue weighted by molar-refractivity contribution is 6.05. The Morgan fingerprint density at radius 2 is 1.76 bits per heavy atom. The molecule has 0 bridgehead atoms. The van der Waals surface area contributed by atoms with Gasteiger partial charge in [-0.15, -0.1) is 0 Å². The zero-order valence-corrected chi connectivity index (χ0v) is 19.4. The third-order valence-electron chi connectivity index (χ3n) is 5.82. The van der Waals surface area contributed by atoms with E-state index in [2.05, 4.69) is 64.7 Å². The van der Waals surface area contributed by atoms with E-state index in [1.54, 1.807) is 24.3 Å². The van der Waals surface area contributed by atoms with Gasteiger partial charge in [0.25, 0.3) is 5.91 Å². The minimum atomic E-state index is -0.187. The van der Waals surface area contributed by atoms with Gasteiger partial charge in [-0.05, 0) is 81.7 Å². The van der Waals surface area contributed by atoms with Crippen molar-refractivity contribution in [2.24, 2.45) is 0 Å². The average Bonchev–Trinajstić information content (AvgIpc) is 3.45. The van der Waals surface area contributed by atoms with E-state index in [1.165, 1.54) is 10.9 Å². The van der Waals surface area contributed by atoms with Gasteiger partial charge >= 0.3 is 0 Å². The molecule has 2 heterocycles. The number of amides is 1. The number of benzene rings is 3. The van der Waals surface area contributed by atoms with Crippen molar-refractivity contribution in [3.8, 4) is 11.5 Å². The largest absolute Gasteiger partial charge is 0.454 e. The second-order valence-electron chi connectivity index (χ2n) is 8.67. The molecule has 2 N–H and O–H groups in total. The van der Waals surface area contributed by atoms with E-state index in [0.717, 1.165) is 30.9 Å². The van der Waals surface area contributed by atoms with Crippen molar-refractivity contribution in [2.45, 2.75) is 13.0 Å². The highest BCUT2D eigenvalue weighted by Crippen LogP contribution is 2.34. The molecular formula is C27H28N4O3. The van der Waals surface area contributed by atoms with Gasteiger partial charge in [-0.3, -0.25) is 4.79 Å². The normalized spacial score (nSPS) is 12.3. The Morgan fingerprint density at radius 1 is 0.941 bits per heavy atom. The summed E-state index contributed by atoms with van der Waals surface area (Å²) in [7, 11) is 4.20. The van der Waals surface area contributed by atoms with Gasteiger partial charge in [-0.2, -0.15) is 0 Å². The van der Waals surface area contributed by atoms with Crippen LogP contribution in [0.3, 0.4) is 0 Å². The summed E-state index contributed by atoms with van der Waals surface area (Å²) in [5, 5.41) is 7.53. The molecule has 0 saturated carbocycles. The monoisotopic (exact) mass is 456 g/mol. The lowest BCUT2D eigenvalue weighted by Gasteiger charge is -2.12. The summed E-state index contributed by atoms with van der Waals surface area (Å²) >= 11 is 0. The maximum atomic E-state index is 12.8. The topological polar surface area (TPSA) is 67.8 Å². The Balaban J connectivity index is 1.26. The number of nitrogens with zero attached hydrogens (tertiary/aromatic N) is 2. The number of rotatable bonds is 8. The highest BCUT2D eigenvalue weighted by atomic mass is 16.7. The molecule has 0 fully saturated rings. The van der Waals surface area contributed by atoms with Crippen molar-refractivity contribution in [2.75, 3.05) is 38.1 Å². The number of hydrogen-bond acceptors (Lipinski definition) is 5. The molecule has 0 atom stereocenters. The van der Waals surface area contributed by atoms with Gasteiger partial charge in [-0.1, -0.05) is 6.07 Å². The van der Waals surface area contributed by atoms with Crippen LogP contribution in [-0.2, 0) is 6.54 Å². The molecule has 3 aromatic carbocycles. The van der Waals surface area contributed by atoms with E-state index >= 15 is 0 Å². The van der Waals surface area contributed by atoms with Crippen molar-refractivity contribution in [3.05, 3.63) is 78.5 Å². The molecule has 5 rings (SSSR count). The van der Waals surface area contributed by atoms with Crippen LogP contribution in [0.5, 0.6) is 11.5 Å². The molecule has 0 spiro atoms. The van der Waals surface area contributed by atoms with Gasteiger partial charge in [0.1, 0.15) is 0 Å². The first-order valence-corrected chi connectivity index (χ1v) is 11.4. The third-order valence-corrected chi connectivity index (χ3v) is 5.82. The zero-order valence-electron chi connectivity index (χ0n) is 19.4. The quantitative estimate of drug-likeness (QED) is 0.376. The first kappa shape index (κ1) is 21.9. The van der Waals surface area contributed by atoms with Crippen molar-refractivity contribution < 1.29 is 14.3 Å². The fourth-order valence-electron chi connectivity index (χ4n) is 4.11. The molecule has 4 aromatic rings. The standard InChI is InChI=1S/C27H28N4O3/c1-30(2)12-4-13-31-14-11-19-15-22(7-9-24(19)31)28-21-6-3-5-20(16-21)27(32)29-23-8-10-25-26(17-23)34-18-33-25/h3,5-11,14-17,28H,4,12-13,18H2,1-2H3,(H,29,32). The van der Waals surface area contributed by atoms with Gasteiger partial charge in [-0.25, -0.2) is 0 Å². The van der Waals surface area contributed by atoms with E-state index in [4.69, 9.17) is 9.47 Å². The van der Waals surface area contributed by atoms with Crippen LogP contribution in [0.25, 0.3) is 10.9 Å². The number of aromatic nitrogens is 1. The number of carbonyl (C=O) groups is 1. The predicted octanol–water partition coefficient (Wildman–Crippen LogP) is 5.32. The summed E-state index contributed by atoms with van der Waals surface area (Å²) in [6.07, 6.45) is 3.25. The number of anilines is 3. The van der Waals surface area contributed by atoms with E-state index < -0.39 is 0 Å². The summed E-state index contributed by atoms with van der Waals surface area (Å²) < 4.78 is 13.0. The number of carbonyl (C=O) groups excluding carboxylic acids is 1. The Bertz CT molecular complexity index is 1330. The van der Waals surface area contributed by atoms with Crippen LogP contribution < -0.4 is 20.1 Å². The fourth-order valence-corrected chi connectivity index (χ4v) is 4.11. The van der Waals surface area contributed by atoms with Crippen molar-refractivity contribution in [1.82, 2.24) is 9.47 Å². The second-order valence-corrected chi connectivity index (χ2v) is 8.67. The molecule has 34 heavy (non-hydrogen) atoms. The Labute approximate surface area is 198 Å². The van der Waals surface area contributed by atoms with Crippen molar-refractivity contribution in [1.29, 1.82) is 0 Å². The van der Waals surface area contributed by atoms with Crippen LogP contribution >= 0.6 is 0 Å². The molecule has 0 unspecified atom stereocenters. The Kier molecular flexibility index (Phi) is 6.10. The molecule has 1 aliphatic rings. The average molecular weight is 457 g/mol. The minimum absolute atomic E-state index is 0.187. The highest BCUT2D eigenvalue weighted by Gasteiger charge is 2.15. The number of hydrogen-bond donors (Lipinski definition) is 2. The summed E-state index contributed by atoms with van der Waals surface area (Å²) in [6, 6.07) is 21.3. The molecule has 1 aromatic heterocycles. The van der Waals surface area contributed by atoms with E-state index in [9.17, 15) is 4.79 Å². The lowest BCUT2D eigenvalue weighted by Crippen LogP contribution is -2.14. The number of ether oxygens (including phenoxy) is 2. The lowest BCUT2D eigenvalue weighted by atomic mass is 10.1. The molecule has 0 aliphatic carbocycles. The van der Waals surface area contributed by atoms with Gasteiger partial charge < -0.3 is 29.6 Å². The molecule has 0 saturated heterocycles. The summed E-state index contributed by atoms with van der Waals surface area (Å²) in [4.78, 5) is 15.0. The number of fused-ring (bicyclic) bond motifs is 2. The van der Waals surface area contributed by atoms with Crippen LogP contribution in [0.1, 0.15) is 16.8 Å². The van der Waals surface area contributed by atoms with Crippen LogP contribution in [-0.4, -0.2) is 42.8 Å².